The molecule has 0 spiro atoms. The molecule has 3 heterocycles. The van der Waals surface area contributed by atoms with E-state index in [9.17, 15) is 0 Å². The van der Waals surface area contributed by atoms with Crippen molar-refractivity contribution < 1.29 is 0 Å². The number of nitrogens with zero attached hydrogens (tertiary/aromatic N) is 3. The molecular weight excluding hydrogens is 428 g/mol. The Labute approximate surface area is 208 Å². The molecule has 0 aliphatic carbocycles. The van der Waals surface area contributed by atoms with Gasteiger partial charge in [-0.25, -0.2) is 0 Å². The number of aryl methyl sites for hydroxylation is 2. The van der Waals surface area contributed by atoms with Crippen LogP contribution in [-0.4, -0.2) is 19.7 Å². The molecule has 0 fully saturated rings. The normalized spacial score (nSPS) is 12.6. The minimum Gasteiger partial charge on any atom is -0.361 e. The van der Waals surface area contributed by atoms with E-state index in [2.05, 4.69) is 105 Å². The molecule has 1 N–H and O–H groups in total. The topological polar surface area (TPSA) is 46.5 Å². The number of aromatic nitrogens is 4. The van der Waals surface area contributed by atoms with Crippen molar-refractivity contribution in [3.63, 3.8) is 0 Å². The first-order chi connectivity index (χ1) is 16.7. The summed E-state index contributed by atoms with van der Waals surface area (Å²) in [5.41, 5.74) is 7.67. The van der Waals surface area contributed by atoms with E-state index in [4.69, 9.17) is 5.10 Å². The molecule has 35 heavy (non-hydrogen) atoms. The van der Waals surface area contributed by atoms with Crippen LogP contribution in [0.3, 0.4) is 0 Å². The van der Waals surface area contributed by atoms with Crippen LogP contribution in [-0.2, 0) is 23.8 Å². The van der Waals surface area contributed by atoms with Gasteiger partial charge in [-0.05, 0) is 63.4 Å². The van der Waals surface area contributed by atoms with Crippen molar-refractivity contribution in [3.8, 4) is 11.1 Å². The molecule has 5 rings (SSSR count). The van der Waals surface area contributed by atoms with Gasteiger partial charge in [-0.1, -0.05) is 65.8 Å². The van der Waals surface area contributed by atoms with E-state index in [1.807, 2.05) is 18.6 Å². The first-order valence-electron chi connectivity index (χ1n) is 12.7. The quantitative estimate of drug-likeness (QED) is 0.278. The van der Waals surface area contributed by atoms with Gasteiger partial charge in [-0.3, -0.25) is 9.67 Å². The Morgan fingerprint density at radius 1 is 0.857 bits per heavy atom. The number of fused-ring (bicyclic) bond motifs is 2. The smallest absolute Gasteiger partial charge is 0.0568 e. The third kappa shape index (κ3) is 4.38. The maximum absolute atomic E-state index is 4.71. The van der Waals surface area contributed by atoms with Gasteiger partial charge < -0.3 is 4.98 Å². The maximum atomic E-state index is 4.71. The lowest BCUT2D eigenvalue weighted by molar-refractivity contribution is 0.423. The van der Waals surface area contributed by atoms with Crippen LogP contribution in [0, 0.1) is 0 Å². The Balaban J connectivity index is 1.39. The lowest BCUT2D eigenvalue weighted by atomic mass is 9.79. The summed E-state index contributed by atoms with van der Waals surface area (Å²) in [5.74, 6) is 0. The maximum Gasteiger partial charge on any atom is 0.0568 e. The van der Waals surface area contributed by atoms with E-state index >= 15 is 0 Å². The predicted octanol–water partition coefficient (Wildman–Crippen LogP) is 7.81. The van der Waals surface area contributed by atoms with Crippen LogP contribution in [0.1, 0.15) is 64.7 Å². The Hall–Kier alpha value is -3.40. The molecule has 0 radical (unpaired) electrons. The molecular formula is C31H36N4. The van der Waals surface area contributed by atoms with Crippen molar-refractivity contribution in [2.75, 3.05) is 0 Å². The second-order valence-electron chi connectivity index (χ2n) is 11.4. The Morgan fingerprint density at radius 2 is 1.69 bits per heavy atom. The predicted molar refractivity (Wildman–Crippen MR) is 147 cm³/mol. The number of H-pyrrole nitrogens is 1. The molecule has 4 heteroatoms. The van der Waals surface area contributed by atoms with E-state index in [0.29, 0.717) is 0 Å². The molecule has 3 aromatic heterocycles. The number of pyridine rings is 1. The third-order valence-electron chi connectivity index (χ3n) is 7.42. The van der Waals surface area contributed by atoms with Crippen molar-refractivity contribution >= 4 is 21.7 Å². The molecule has 0 amide bonds. The van der Waals surface area contributed by atoms with Crippen LogP contribution in [0.25, 0.3) is 32.8 Å². The van der Waals surface area contributed by atoms with Crippen LogP contribution in [0.2, 0.25) is 0 Å². The van der Waals surface area contributed by atoms with Crippen LogP contribution < -0.4 is 0 Å². The van der Waals surface area contributed by atoms with Gasteiger partial charge in [0.1, 0.15) is 0 Å². The fourth-order valence-electron chi connectivity index (χ4n) is 5.21. The summed E-state index contributed by atoms with van der Waals surface area (Å²) in [6, 6.07) is 13.3. The number of rotatable bonds is 6. The molecule has 0 aliphatic rings. The minimum atomic E-state index is 0.00527. The average Bonchev–Trinajstić information content (AvgIpc) is 3.48. The number of benzene rings is 2. The molecule has 4 nitrogen and oxygen atoms in total. The SMILES string of the molecule is CCc1cncc2c(C(C)(C)CCn3cc(-c4ccc5[nH]cc(C(C)(C)C)c5c4)cn3)cccc12. The summed E-state index contributed by atoms with van der Waals surface area (Å²) < 4.78 is 2.09. The molecule has 0 bridgehead atoms. The van der Waals surface area contributed by atoms with E-state index in [-0.39, 0.29) is 10.8 Å². The Kier molecular flexibility index (Phi) is 5.79. The highest BCUT2D eigenvalue weighted by molar-refractivity contribution is 5.89. The second-order valence-corrected chi connectivity index (χ2v) is 11.4. The second kappa shape index (κ2) is 8.67. The van der Waals surface area contributed by atoms with Crippen molar-refractivity contribution in [1.29, 1.82) is 0 Å². The van der Waals surface area contributed by atoms with Crippen LogP contribution in [0.15, 0.2) is 67.4 Å². The average molecular weight is 465 g/mol. The highest BCUT2D eigenvalue weighted by Gasteiger charge is 2.24. The largest absolute Gasteiger partial charge is 0.361 e. The van der Waals surface area contributed by atoms with Crippen molar-refractivity contribution in [3.05, 3.63) is 84.1 Å². The van der Waals surface area contributed by atoms with Gasteiger partial charge in [0, 0.05) is 53.2 Å². The fraction of sp³-hybridized carbons (Fsp3) is 0.355. The highest BCUT2D eigenvalue weighted by atomic mass is 15.3. The van der Waals surface area contributed by atoms with Crippen LogP contribution in [0.4, 0.5) is 0 Å². The monoisotopic (exact) mass is 464 g/mol. The number of hydrogen-bond acceptors (Lipinski definition) is 2. The molecule has 2 aromatic carbocycles. The van der Waals surface area contributed by atoms with E-state index in [1.165, 1.54) is 43.9 Å². The molecule has 0 saturated carbocycles. The van der Waals surface area contributed by atoms with Gasteiger partial charge in [0.05, 0.1) is 6.20 Å². The van der Waals surface area contributed by atoms with Crippen LogP contribution >= 0.6 is 0 Å². The van der Waals surface area contributed by atoms with Crippen molar-refractivity contribution in [1.82, 2.24) is 19.7 Å². The van der Waals surface area contributed by atoms with E-state index in [1.54, 1.807) is 0 Å². The van der Waals surface area contributed by atoms with E-state index in [0.717, 1.165) is 24.9 Å². The van der Waals surface area contributed by atoms with Crippen molar-refractivity contribution in [2.45, 2.75) is 71.8 Å². The summed E-state index contributed by atoms with van der Waals surface area (Å²) in [7, 11) is 0. The molecule has 180 valence electrons. The zero-order valence-electron chi connectivity index (χ0n) is 21.8. The van der Waals surface area contributed by atoms with Gasteiger partial charge in [-0.2, -0.15) is 5.10 Å². The van der Waals surface area contributed by atoms with E-state index < -0.39 is 0 Å². The zero-order chi connectivity index (χ0) is 24.8. The molecule has 0 atom stereocenters. The molecule has 0 unspecified atom stereocenters. The summed E-state index contributed by atoms with van der Waals surface area (Å²) >= 11 is 0. The van der Waals surface area contributed by atoms with Gasteiger partial charge in [0.2, 0.25) is 0 Å². The summed E-state index contributed by atoms with van der Waals surface area (Å²) in [6.45, 7) is 14.5. The first kappa shape index (κ1) is 23.3. The number of aromatic amines is 1. The van der Waals surface area contributed by atoms with Gasteiger partial charge in [0.15, 0.2) is 0 Å². The molecule has 0 saturated heterocycles. The summed E-state index contributed by atoms with van der Waals surface area (Å²) in [4.78, 5) is 7.96. The third-order valence-corrected chi connectivity index (χ3v) is 7.42. The standard InChI is InChI=1S/C31H36N4/c1-7-21-16-32-18-26-24(21)9-8-10-27(26)31(5,6)13-14-35-20-23(17-34-35)22-11-12-29-25(15-22)28(19-33-29)30(2,3)4/h8-12,15-20,33H,7,13-14H2,1-6H3. The van der Waals surface area contributed by atoms with Crippen molar-refractivity contribution in [2.24, 2.45) is 0 Å². The highest BCUT2D eigenvalue weighted by Crippen LogP contribution is 2.35. The fourth-order valence-corrected chi connectivity index (χ4v) is 5.21. The summed E-state index contributed by atoms with van der Waals surface area (Å²) in [5, 5.41) is 8.60. The van der Waals surface area contributed by atoms with Gasteiger partial charge in [-0.15, -0.1) is 0 Å². The number of hydrogen-bond donors (Lipinski definition) is 1. The zero-order valence-corrected chi connectivity index (χ0v) is 21.8. The minimum absolute atomic E-state index is 0.00527. The number of nitrogens with one attached hydrogen (secondary N) is 1. The Bertz CT molecular complexity index is 1490. The van der Waals surface area contributed by atoms with Gasteiger partial charge in [0.25, 0.3) is 0 Å². The lowest BCUT2D eigenvalue weighted by Crippen LogP contribution is -2.20. The molecule has 5 aromatic rings. The lowest BCUT2D eigenvalue weighted by Gasteiger charge is -2.27. The first-order valence-corrected chi connectivity index (χ1v) is 12.7. The summed E-state index contributed by atoms with van der Waals surface area (Å²) in [6.07, 6.45) is 12.3. The Morgan fingerprint density at radius 3 is 2.46 bits per heavy atom. The van der Waals surface area contributed by atoms with Gasteiger partial charge >= 0.3 is 0 Å². The molecule has 0 aliphatic heterocycles. The van der Waals surface area contributed by atoms with Crippen LogP contribution in [0.5, 0.6) is 0 Å².